The molecule has 0 fully saturated rings. The zero-order valence-electron chi connectivity index (χ0n) is 17.2. The number of benzene rings is 2. The zero-order chi connectivity index (χ0) is 21.3. The van der Waals surface area contributed by atoms with Crippen molar-refractivity contribution in [2.24, 2.45) is 0 Å². The minimum atomic E-state index is 0.0866. The van der Waals surface area contributed by atoms with Crippen LogP contribution in [0.2, 0.25) is 0 Å². The molecule has 1 heterocycles. The van der Waals surface area contributed by atoms with Gasteiger partial charge in [0, 0.05) is 18.3 Å². The Morgan fingerprint density at radius 3 is 2.37 bits per heavy atom. The molecule has 7 nitrogen and oxygen atoms in total. The number of hydrogen-bond donors (Lipinski definition) is 2. The summed E-state index contributed by atoms with van der Waals surface area (Å²) in [4.78, 5) is 27.4. The number of aromatic nitrogens is 3. The van der Waals surface area contributed by atoms with Gasteiger partial charge in [0.15, 0.2) is 0 Å². The second-order valence-corrected chi connectivity index (χ2v) is 8.00. The minimum Gasteiger partial charge on any atom is -0.368 e. The molecule has 0 aliphatic heterocycles. The van der Waals surface area contributed by atoms with E-state index in [1.54, 1.807) is 0 Å². The number of nitrogens with one attached hydrogen (secondary N) is 1. The predicted molar refractivity (Wildman–Crippen MR) is 122 cm³/mol. The molecule has 8 heteroatoms. The minimum absolute atomic E-state index is 0.0866. The van der Waals surface area contributed by atoms with Gasteiger partial charge in [-0.1, -0.05) is 48.5 Å². The molecule has 0 bridgehead atoms. The van der Waals surface area contributed by atoms with Crippen LogP contribution in [0.15, 0.2) is 60.7 Å². The third-order valence-corrected chi connectivity index (χ3v) is 5.24. The Kier molecular flexibility index (Phi) is 7.62. The summed E-state index contributed by atoms with van der Waals surface area (Å²) in [6.07, 6.45) is 0. The number of nitrogen functional groups attached to an aromatic ring is 1. The maximum Gasteiger partial charge on any atom is 0.233 e. The van der Waals surface area contributed by atoms with E-state index in [4.69, 9.17) is 5.73 Å². The van der Waals surface area contributed by atoms with Gasteiger partial charge in [0.25, 0.3) is 0 Å². The lowest BCUT2D eigenvalue weighted by Crippen LogP contribution is -2.37. The van der Waals surface area contributed by atoms with E-state index < -0.39 is 0 Å². The second kappa shape index (κ2) is 10.6. The van der Waals surface area contributed by atoms with Crippen LogP contribution in [0.3, 0.4) is 0 Å². The van der Waals surface area contributed by atoms with Crippen LogP contribution in [0.5, 0.6) is 0 Å². The first-order valence-corrected chi connectivity index (χ1v) is 10.9. The van der Waals surface area contributed by atoms with Gasteiger partial charge < -0.3 is 16.0 Å². The Labute approximate surface area is 181 Å². The summed E-state index contributed by atoms with van der Waals surface area (Å²) in [5, 5.41) is 3.12. The number of carbonyl (C=O) groups excluding carboxylic acids is 1. The topological polar surface area (TPSA) is 97.0 Å². The summed E-state index contributed by atoms with van der Waals surface area (Å²) in [6.45, 7) is 4.65. The molecule has 3 rings (SSSR count). The van der Waals surface area contributed by atoms with Gasteiger partial charge >= 0.3 is 0 Å². The lowest BCUT2D eigenvalue weighted by Gasteiger charge is -2.27. The number of carbonyl (C=O) groups is 1. The highest BCUT2D eigenvalue weighted by molar-refractivity contribution is 7.99. The smallest absolute Gasteiger partial charge is 0.233 e. The summed E-state index contributed by atoms with van der Waals surface area (Å²) in [5.74, 6) is 1.99. The third-order valence-electron chi connectivity index (χ3n) is 4.33. The van der Waals surface area contributed by atoms with Gasteiger partial charge in [-0.25, -0.2) is 0 Å². The van der Waals surface area contributed by atoms with Gasteiger partial charge in [0.1, 0.15) is 5.82 Å². The number of thioether (sulfide) groups is 1. The van der Waals surface area contributed by atoms with Crippen LogP contribution >= 0.6 is 11.8 Å². The van der Waals surface area contributed by atoms with Crippen LogP contribution in [-0.2, 0) is 17.1 Å². The number of nitrogens with zero attached hydrogens (tertiary/aromatic N) is 4. The van der Waals surface area contributed by atoms with Gasteiger partial charge in [-0.15, -0.1) is 11.8 Å². The van der Waals surface area contributed by atoms with Crippen molar-refractivity contribution >= 4 is 35.3 Å². The fraction of sp³-hybridized carbons (Fsp3) is 0.273. The molecule has 0 saturated carbocycles. The molecule has 1 aromatic heterocycles. The first kappa shape index (κ1) is 21.6. The first-order chi connectivity index (χ1) is 14.5. The largest absolute Gasteiger partial charge is 0.368 e. The van der Waals surface area contributed by atoms with E-state index in [1.807, 2.05) is 79.4 Å². The summed E-state index contributed by atoms with van der Waals surface area (Å²) in [5.41, 5.74) is 7.81. The van der Waals surface area contributed by atoms with Gasteiger partial charge in [-0.3, -0.25) is 4.79 Å². The average Bonchev–Trinajstić information content (AvgIpc) is 2.73. The Bertz CT molecular complexity index is 952. The van der Waals surface area contributed by atoms with Gasteiger partial charge in [0.2, 0.25) is 17.8 Å². The summed E-state index contributed by atoms with van der Waals surface area (Å²) in [7, 11) is 0. The van der Waals surface area contributed by atoms with Crippen molar-refractivity contribution in [3.63, 3.8) is 0 Å². The molecular formula is C22H26N6OS. The van der Waals surface area contributed by atoms with Crippen molar-refractivity contribution in [1.82, 2.24) is 19.9 Å². The molecule has 0 aliphatic carbocycles. The molecule has 2 aromatic carbocycles. The second-order valence-electron chi connectivity index (χ2n) is 7.02. The molecule has 0 saturated heterocycles. The van der Waals surface area contributed by atoms with Crippen LogP contribution < -0.4 is 11.1 Å². The highest BCUT2D eigenvalue weighted by Gasteiger charge is 2.17. The van der Waals surface area contributed by atoms with Crippen molar-refractivity contribution in [3.8, 4) is 0 Å². The predicted octanol–water partition coefficient (Wildman–Crippen LogP) is 3.87. The Morgan fingerprint density at radius 2 is 1.70 bits per heavy atom. The highest BCUT2D eigenvalue weighted by Crippen LogP contribution is 2.17. The third kappa shape index (κ3) is 6.45. The quantitative estimate of drug-likeness (QED) is 0.540. The average molecular weight is 423 g/mol. The fourth-order valence-electron chi connectivity index (χ4n) is 2.86. The zero-order valence-corrected chi connectivity index (χ0v) is 18.0. The van der Waals surface area contributed by atoms with E-state index in [9.17, 15) is 4.79 Å². The van der Waals surface area contributed by atoms with Crippen molar-refractivity contribution in [2.45, 2.75) is 32.2 Å². The van der Waals surface area contributed by atoms with Crippen LogP contribution in [0.4, 0.5) is 17.6 Å². The number of hydrogen-bond acceptors (Lipinski definition) is 7. The molecule has 1 amide bonds. The van der Waals surface area contributed by atoms with Gasteiger partial charge in [-0.05, 0) is 31.5 Å². The van der Waals surface area contributed by atoms with E-state index in [2.05, 4.69) is 20.3 Å². The van der Waals surface area contributed by atoms with E-state index >= 15 is 0 Å². The van der Waals surface area contributed by atoms with Crippen molar-refractivity contribution < 1.29 is 4.79 Å². The van der Waals surface area contributed by atoms with Crippen LogP contribution in [0.25, 0.3) is 0 Å². The van der Waals surface area contributed by atoms with E-state index in [-0.39, 0.29) is 17.9 Å². The molecule has 3 aromatic rings. The van der Waals surface area contributed by atoms with Gasteiger partial charge in [0.05, 0.1) is 11.5 Å². The van der Waals surface area contributed by atoms with Gasteiger partial charge in [-0.2, -0.15) is 15.0 Å². The molecule has 0 spiro atoms. The lowest BCUT2D eigenvalue weighted by molar-refractivity contribution is -0.130. The fourth-order valence-corrected chi connectivity index (χ4v) is 3.61. The number of nitrogens with two attached hydrogens (primary N) is 1. The molecule has 0 radical (unpaired) electrons. The van der Waals surface area contributed by atoms with Crippen LogP contribution in [-0.4, -0.2) is 37.6 Å². The number of amides is 1. The Hall–Kier alpha value is -3.13. The monoisotopic (exact) mass is 422 g/mol. The van der Waals surface area contributed by atoms with Crippen LogP contribution in [0, 0.1) is 0 Å². The first-order valence-electron chi connectivity index (χ1n) is 9.75. The number of para-hydroxylation sites is 1. The van der Waals surface area contributed by atoms with Crippen LogP contribution in [0.1, 0.15) is 25.2 Å². The highest BCUT2D eigenvalue weighted by atomic mass is 32.2. The van der Waals surface area contributed by atoms with Crippen molar-refractivity contribution in [2.75, 3.05) is 16.8 Å². The molecule has 156 valence electrons. The maximum absolute atomic E-state index is 12.8. The normalized spacial score (nSPS) is 10.8. The van der Waals surface area contributed by atoms with Crippen molar-refractivity contribution in [3.05, 3.63) is 72.1 Å². The Balaban J connectivity index is 1.57. The summed E-state index contributed by atoms with van der Waals surface area (Å²) >= 11 is 1.47. The summed E-state index contributed by atoms with van der Waals surface area (Å²) < 4.78 is 0. The lowest BCUT2D eigenvalue weighted by atomic mass is 10.2. The summed E-state index contributed by atoms with van der Waals surface area (Å²) in [6, 6.07) is 19.7. The molecule has 0 aliphatic rings. The maximum atomic E-state index is 12.8. The molecule has 3 N–H and O–H groups in total. The standard InChI is InChI=1S/C22H26N6OS/c1-16(2)28(13-17-9-5-3-6-10-17)20(29)15-30-14-19-25-21(23)27-22(26-19)24-18-11-7-4-8-12-18/h3-12,16H,13-15H2,1-2H3,(H3,23,24,25,26,27). The molecule has 0 unspecified atom stereocenters. The van der Waals surface area contributed by atoms with E-state index in [1.165, 1.54) is 11.8 Å². The molecule has 30 heavy (non-hydrogen) atoms. The van der Waals surface area contributed by atoms with E-state index in [0.29, 0.717) is 29.8 Å². The van der Waals surface area contributed by atoms with Crippen molar-refractivity contribution in [1.29, 1.82) is 0 Å². The Morgan fingerprint density at radius 1 is 1.03 bits per heavy atom. The molecular weight excluding hydrogens is 396 g/mol. The number of rotatable bonds is 9. The van der Waals surface area contributed by atoms with E-state index in [0.717, 1.165) is 11.3 Å². The SMILES string of the molecule is CC(C)N(Cc1ccccc1)C(=O)CSCc1nc(N)nc(Nc2ccccc2)n1. The number of anilines is 3. The molecule has 0 atom stereocenters.